The molecule has 1 aliphatic heterocycles. The first-order valence-electron chi connectivity index (χ1n) is 9.10. The maximum absolute atomic E-state index is 11.7. The van der Waals surface area contributed by atoms with E-state index in [0.29, 0.717) is 13.1 Å². The van der Waals surface area contributed by atoms with Crippen LogP contribution in [0.1, 0.15) is 51.9 Å². The second kappa shape index (κ2) is 13.3. The predicted octanol–water partition coefficient (Wildman–Crippen LogP) is 1.30. The zero-order valence-corrected chi connectivity index (χ0v) is 14.6. The molecule has 0 unspecified atom stereocenters. The van der Waals surface area contributed by atoms with Gasteiger partial charge in [-0.2, -0.15) is 0 Å². The number of unbranched alkanes of at least 4 members (excludes halogenated alkanes) is 6. The highest BCUT2D eigenvalue weighted by molar-refractivity contribution is 6.35. The number of ether oxygens (including phenoxy) is 1. The number of hydrogen-bond donors (Lipinski definition) is 2. The summed E-state index contributed by atoms with van der Waals surface area (Å²) in [5.41, 5.74) is 0. The van der Waals surface area contributed by atoms with Crippen LogP contribution >= 0.6 is 0 Å². The molecule has 0 saturated carbocycles. The summed E-state index contributed by atoms with van der Waals surface area (Å²) in [5, 5.41) is 5.36. The zero-order valence-electron chi connectivity index (χ0n) is 14.6. The molecule has 1 saturated heterocycles. The van der Waals surface area contributed by atoms with Gasteiger partial charge in [0.2, 0.25) is 0 Å². The quantitative estimate of drug-likeness (QED) is 0.443. The van der Waals surface area contributed by atoms with Crippen molar-refractivity contribution in [2.75, 3.05) is 45.9 Å². The van der Waals surface area contributed by atoms with Crippen LogP contribution < -0.4 is 10.6 Å². The Bertz CT molecular complexity index is 331. The van der Waals surface area contributed by atoms with Crippen LogP contribution in [0.15, 0.2) is 0 Å². The topological polar surface area (TPSA) is 70.7 Å². The van der Waals surface area contributed by atoms with E-state index in [1.54, 1.807) is 0 Å². The van der Waals surface area contributed by atoms with Gasteiger partial charge in [0.05, 0.1) is 13.2 Å². The number of nitrogens with zero attached hydrogens (tertiary/aromatic N) is 1. The molecular formula is C17H33N3O3. The highest BCUT2D eigenvalue weighted by atomic mass is 16.5. The molecule has 0 aliphatic carbocycles. The molecule has 1 heterocycles. The smallest absolute Gasteiger partial charge is 0.309 e. The van der Waals surface area contributed by atoms with E-state index in [0.717, 1.165) is 45.7 Å². The predicted molar refractivity (Wildman–Crippen MR) is 91.3 cm³/mol. The van der Waals surface area contributed by atoms with E-state index in [-0.39, 0.29) is 0 Å². The van der Waals surface area contributed by atoms with Gasteiger partial charge in [0, 0.05) is 32.7 Å². The molecule has 1 rings (SSSR count). The number of carbonyl (C=O) groups is 2. The summed E-state index contributed by atoms with van der Waals surface area (Å²) in [6, 6.07) is 0. The van der Waals surface area contributed by atoms with Crippen LogP contribution in [0.4, 0.5) is 0 Å². The van der Waals surface area contributed by atoms with Gasteiger partial charge >= 0.3 is 11.8 Å². The minimum Gasteiger partial charge on any atom is -0.379 e. The monoisotopic (exact) mass is 327 g/mol. The summed E-state index contributed by atoms with van der Waals surface area (Å²) in [5.74, 6) is -1.04. The molecule has 2 amide bonds. The fourth-order valence-electron chi connectivity index (χ4n) is 2.60. The largest absolute Gasteiger partial charge is 0.379 e. The van der Waals surface area contributed by atoms with Gasteiger partial charge in [0.1, 0.15) is 0 Å². The third kappa shape index (κ3) is 10.3. The Morgan fingerprint density at radius 1 is 0.870 bits per heavy atom. The Labute approximate surface area is 140 Å². The molecule has 134 valence electrons. The summed E-state index contributed by atoms with van der Waals surface area (Å²) in [4.78, 5) is 25.5. The molecule has 6 nitrogen and oxygen atoms in total. The van der Waals surface area contributed by atoms with E-state index in [2.05, 4.69) is 22.5 Å². The van der Waals surface area contributed by atoms with Gasteiger partial charge < -0.3 is 15.4 Å². The first-order valence-corrected chi connectivity index (χ1v) is 9.10. The highest BCUT2D eigenvalue weighted by Crippen LogP contribution is 2.06. The Hall–Kier alpha value is -1.14. The van der Waals surface area contributed by atoms with Crippen molar-refractivity contribution in [3.05, 3.63) is 0 Å². The lowest BCUT2D eigenvalue weighted by Gasteiger charge is -2.26. The number of rotatable bonds is 11. The molecule has 0 aromatic carbocycles. The standard InChI is InChI=1S/C17H33N3O3/c1-2-3-4-5-6-7-8-9-18-16(21)17(22)19-10-11-20-12-14-23-15-13-20/h2-15H2,1H3,(H,18,21)(H,19,22). The van der Waals surface area contributed by atoms with Crippen molar-refractivity contribution in [2.24, 2.45) is 0 Å². The number of amides is 2. The molecule has 6 heteroatoms. The molecule has 2 N–H and O–H groups in total. The third-order valence-corrected chi connectivity index (χ3v) is 4.09. The Morgan fingerprint density at radius 3 is 2.09 bits per heavy atom. The average Bonchev–Trinajstić information content (AvgIpc) is 2.58. The van der Waals surface area contributed by atoms with E-state index in [1.165, 1.54) is 32.1 Å². The van der Waals surface area contributed by atoms with Crippen molar-refractivity contribution in [3.63, 3.8) is 0 Å². The highest BCUT2D eigenvalue weighted by Gasteiger charge is 2.14. The van der Waals surface area contributed by atoms with E-state index < -0.39 is 11.8 Å². The summed E-state index contributed by atoms with van der Waals surface area (Å²) in [6.45, 7) is 7.33. The second-order valence-corrected chi connectivity index (χ2v) is 6.09. The summed E-state index contributed by atoms with van der Waals surface area (Å²) in [6.07, 6.45) is 8.40. The number of morpholine rings is 1. The van der Waals surface area contributed by atoms with Crippen LogP contribution in [0.3, 0.4) is 0 Å². The van der Waals surface area contributed by atoms with Crippen molar-refractivity contribution in [2.45, 2.75) is 51.9 Å². The fraction of sp³-hybridized carbons (Fsp3) is 0.882. The Balaban J connectivity index is 1.93. The molecule has 0 atom stereocenters. The first-order chi connectivity index (χ1) is 11.2. The lowest BCUT2D eigenvalue weighted by molar-refractivity contribution is -0.139. The molecule has 0 radical (unpaired) electrons. The van der Waals surface area contributed by atoms with Crippen molar-refractivity contribution in [3.8, 4) is 0 Å². The van der Waals surface area contributed by atoms with Gasteiger partial charge in [-0.1, -0.05) is 45.4 Å². The van der Waals surface area contributed by atoms with E-state index in [9.17, 15) is 9.59 Å². The van der Waals surface area contributed by atoms with Gasteiger partial charge in [-0.25, -0.2) is 0 Å². The molecule has 0 bridgehead atoms. The third-order valence-electron chi connectivity index (χ3n) is 4.09. The van der Waals surface area contributed by atoms with Crippen LogP contribution in [0, 0.1) is 0 Å². The number of nitrogens with one attached hydrogen (secondary N) is 2. The summed E-state index contributed by atoms with van der Waals surface area (Å²) >= 11 is 0. The zero-order chi connectivity index (χ0) is 16.8. The lowest BCUT2D eigenvalue weighted by atomic mass is 10.1. The minimum atomic E-state index is -0.527. The maximum Gasteiger partial charge on any atom is 0.309 e. The summed E-state index contributed by atoms with van der Waals surface area (Å²) < 4.78 is 5.26. The molecule has 0 aromatic rings. The molecule has 0 aromatic heterocycles. The van der Waals surface area contributed by atoms with Gasteiger partial charge in [-0.15, -0.1) is 0 Å². The normalized spacial score (nSPS) is 15.3. The van der Waals surface area contributed by atoms with Crippen LogP contribution in [-0.4, -0.2) is 62.7 Å². The van der Waals surface area contributed by atoms with E-state index >= 15 is 0 Å². The molecule has 23 heavy (non-hydrogen) atoms. The Morgan fingerprint density at radius 2 is 1.43 bits per heavy atom. The molecule has 0 spiro atoms. The van der Waals surface area contributed by atoms with Crippen LogP contribution in [-0.2, 0) is 14.3 Å². The van der Waals surface area contributed by atoms with Crippen LogP contribution in [0.5, 0.6) is 0 Å². The van der Waals surface area contributed by atoms with Crippen molar-refractivity contribution >= 4 is 11.8 Å². The van der Waals surface area contributed by atoms with Gasteiger partial charge in [0.15, 0.2) is 0 Å². The van der Waals surface area contributed by atoms with Crippen LogP contribution in [0.2, 0.25) is 0 Å². The molecule has 1 fully saturated rings. The Kier molecular flexibility index (Phi) is 11.5. The second-order valence-electron chi connectivity index (χ2n) is 6.09. The van der Waals surface area contributed by atoms with Crippen molar-refractivity contribution in [1.29, 1.82) is 0 Å². The SMILES string of the molecule is CCCCCCCCCNC(=O)C(=O)NCCN1CCOCC1. The van der Waals surface area contributed by atoms with Gasteiger partial charge in [-0.05, 0) is 6.42 Å². The minimum absolute atomic E-state index is 0.504. The van der Waals surface area contributed by atoms with E-state index in [4.69, 9.17) is 4.74 Å². The summed E-state index contributed by atoms with van der Waals surface area (Å²) in [7, 11) is 0. The van der Waals surface area contributed by atoms with Crippen LogP contribution in [0.25, 0.3) is 0 Å². The van der Waals surface area contributed by atoms with Gasteiger partial charge in [-0.3, -0.25) is 14.5 Å². The molecule has 1 aliphatic rings. The van der Waals surface area contributed by atoms with Crippen molar-refractivity contribution in [1.82, 2.24) is 15.5 Å². The van der Waals surface area contributed by atoms with E-state index in [1.807, 2.05) is 0 Å². The fourth-order valence-corrected chi connectivity index (χ4v) is 2.60. The first kappa shape index (κ1) is 19.9. The van der Waals surface area contributed by atoms with Gasteiger partial charge in [0.25, 0.3) is 0 Å². The number of hydrogen-bond acceptors (Lipinski definition) is 4. The average molecular weight is 327 g/mol. The van der Waals surface area contributed by atoms with Crippen molar-refractivity contribution < 1.29 is 14.3 Å². The molecular weight excluding hydrogens is 294 g/mol. The lowest BCUT2D eigenvalue weighted by Crippen LogP contribution is -2.45. The number of carbonyl (C=O) groups excluding carboxylic acids is 2. The maximum atomic E-state index is 11.7.